The third-order valence-electron chi connectivity index (χ3n) is 8.74. The lowest BCUT2D eigenvalue weighted by atomic mass is 9.60. The Morgan fingerprint density at radius 2 is 1.95 bits per heavy atom. The Morgan fingerprint density at radius 1 is 1.26 bits per heavy atom. The first-order valence-electron chi connectivity index (χ1n) is 12.6. The van der Waals surface area contributed by atoms with Crippen molar-refractivity contribution in [2.75, 3.05) is 40.4 Å². The molecule has 1 spiro atoms. The number of benzene rings is 1. The Kier molecular flexibility index (Phi) is 5.67. The van der Waals surface area contributed by atoms with Crippen LogP contribution in [0.3, 0.4) is 0 Å². The molecule has 2 heterocycles. The standard InChI is InChI=1S/C26H30ClN3O8/c1-29(2)20-14-8-11-7-13-17(15(31)9-12(19(13)27)10-30-3-5-37-6-4-30)21(32)16(11)23(34)25(14)26(36,38-25)18(22(20)33)24(28)35/h9,11,14,20,31,33-34,36H,3-8,10H2,1-2H3,(H2,28,35)/t11-,14-,20-,25-,26?/m0/s1. The summed E-state index contributed by atoms with van der Waals surface area (Å²) in [5, 5.41) is 45.2. The second-order valence-corrected chi connectivity index (χ2v) is 11.3. The van der Waals surface area contributed by atoms with Crippen LogP contribution in [0.5, 0.6) is 5.75 Å². The number of carbonyl (C=O) groups excluding carboxylic acids is 2. The van der Waals surface area contributed by atoms with Gasteiger partial charge in [-0.05, 0) is 50.0 Å². The number of fused-ring (bicyclic) bond motifs is 2. The Bertz CT molecular complexity index is 1340. The largest absolute Gasteiger partial charge is 0.510 e. The van der Waals surface area contributed by atoms with Crippen molar-refractivity contribution in [3.05, 3.63) is 50.4 Å². The smallest absolute Gasteiger partial charge is 0.253 e. The number of carbonyl (C=O) groups is 2. The highest BCUT2D eigenvalue weighted by Gasteiger charge is 2.84. The van der Waals surface area contributed by atoms with Crippen molar-refractivity contribution in [2.45, 2.75) is 36.8 Å². The first-order valence-corrected chi connectivity index (χ1v) is 13.0. The third kappa shape index (κ3) is 3.20. The van der Waals surface area contributed by atoms with Crippen LogP contribution in [0.1, 0.15) is 27.9 Å². The summed E-state index contributed by atoms with van der Waals surface area (Å²) in [6.07, 6.45) is 0.485. The monoisotopic (exact) mass is 547 g/mol. The Balaban J connectivity index is 1.46. The van der Waals surface area contributed by atoms with Gasteiger partial charge in [0.15, 0.2) is 11.4 Å². The van der Waals surface area contributed by atoms with E-state index in [0.717, 1.165) is 13.1 Å². The number of ether oxygens (including phenoxy) is 2. The number of nitrogens with zero attached hydrogens (tertiary/aromatic N) is 2. The zero-order chi connectivity index (χ0) is 27.3. The summed E-state index contributed by atoms with van der Waals surface area (Å²) in [6, 6.07) is 0.659. The molecule has 12 heteroatoms. The van der Waals surface area contributed by atoms with Crippen LogP contribution >= 0.6 is 11.6 Å². The van der Waals surface area contributed by atoms with Crippen LogP contribution in [-0.4, -0.2) is 99.7 Å². The van der Waals surface area contributed by atoms with Crippen LogP contribution < -0.4 is 5.73 Å². The number of ketones is 1. The van der Waals surface area contributed by atoms with E-state index in [4.69, 9.17) is 26.8 Å². The third-order valence-corrected chi connectivity index (χ3v) is 9.21. The average molecular weight is 548 g/mol. The number of phenols is 1. The Labute approximate surface area is 223 Å². The number of phenolic OH excluding ortho intramolecular Hbond substituents is 1. The zero-order valence-electron chi connectivity index (χ0n) is 21.0. The molecule has 38 heavy (non-hydrogen) atoms. The molecule has 6 N–H and O–H groups in total. The van der Waals surface area contributed by atoms with E-state index in [1.165, 1.54) is 6.07 Å². The van der Waals surface area contributed by atoms with E-state index in [-0.39, 0.29) is 29.7 Å². The molecule has 11 nitrogen and oxygen atoms in total. The van der Waals surface area contributed by atoms with E-state index in [0.29, 0.717) is 35.9 Å². The summed E-state index contributed by atoms with van der Waals surface area (Å²) in [7, 11) is 3.37. The van der Waals surface area contributed by atoms with Gasteiger partial charge in [0.05, 0.1) is 24.8 Å². The lowest BCUT2D eigenvalue weighted by molar-refractivity contribution is -0.117. The minimum atomic E-state index is -2.37. The van der Waals surface area contributed by atoms with Crippen LogP contribution in [0.4, 0.5) is 0 Å². The van der Waals surface area contributed by atoms with E-state index in [1.807, 2.05) is 0 Å². The average Bonchev–Trinajstić information content (AvgIpc) is 3.48. The molecule has 1 aromatic carbocycles. The first-order chi connectivity index (χ1) is 17.9. The summed E-state index contributed by atoms with van der Waals surface area (Å²) in [6.45, 7) is 3.14. The fourth-order valence-electron chi connectivity index (χ4n) is 7.08. The van der Waals surface area contributed by atoms with Gasteiger partial charge in [0.1, 0.15) is 22.8 Å². The van der Waals surface area contributed by atoms with Gasteiger partial charge in [-0.3, -0.25) is 19.4 Å². The number of hydrogen-bond acceptors (Lipinski definition) is 10. The van der Waals surface area contributed by atoms with Gasteiger partial charge in [-0.15, -0.1) is 0 Å². The second-order valence-electron chi connectivity index (χ2n) is 11.0. The van der Waals surface area contributed by atoms with Crippen LogP contribution in [0.15, 0.2) is 28.7 Å². The molecule has 2 fully saturated rings. The molecule has 204 valence electrons. The number of hydrogen-bond donors (Lipinski definition) is 5. The molecule has 0 bridgehead atoms. The molecular weight excluding hydrogens is 518 g/mol. The normalized spacial score (nSPS) is 34.6. The molecule has 3 aliphatic carbocycles. The SMILES string of the molecule is CN(C)[C@@H]1C(O)=C(C(N)=O)C2(O)O[C@@]23C(O)=C2C(=O)c4c(O)cc(CN5CCOCC5)c(Cl)c4C[C@H]2C[C@@H]13. The van der Waals surface area contributed by atoms with Crippen molar-refractivity contribution in [3.63, 3.8) is 0 Å². The fourth-order valence-corrected chi connectivity index (χ4v) is 7.36. The number of halogens is 1. The minimum absolute atomic E-state index is 0.000290. The van der Waals surface area contributed by atoms with Gasteiger partial charge < -0.3 is 35.6 Å². The highest BCUT2D eigenvalue weighted by molar-refractivity contribution is 6.33. The highest BCUT2D eigenvalue weighted by Crippen LogP contribution is 2.68. The fraction of sp³-hybridized carbons (Fsp3) is 0.538. The minimum Gasteiger partial charge on any atom is -0.510 e. The number of Topliss-reactive ketones (excluding diaryl/α,β-unsaturated/α-hetero) is 1. The molecule has 2 aliphatic heterocycles. The molecule has 0 radical (unpaired) electrons. The van der Waals surface area contributed by atoms with E-state index in [9.17, 15) is 30.0 Å². The molecule has 1 unspecified atom stereocenters. The Morgan fingerprint density at radius 3 is 2.58 bits per heavy atom. The second kappa shape index (κ2) is 8.41. The number of aliphatic hydroxyl groups is 3. The van der Waals surface area contributed by atoms with Crippen LogP contribution in [0.25, 0.3) is 0 Å². The Hall–Kier alpha value is -2.67. The van der Waals surface area contributed by atoms with Crippen molar-refractivity contribution in [1.29, 1.82) is 0 Å². The maximum Gasteiger partial charge on any atom is 0.253 e. The number of aromatic hydroxyl groups is 1. The number of rotatable bonds is 4. The maximum atomic E-state index is 13.8. The van der Waals surface area contributed by atoms with Gasteiger partial charge in [-0.2, -0.15) is 0 Å². The number of epoxide rings is 1. The molecule has 0 saturated carbocycles. The first kappa shape index (κ1) is 25.6. The van der Waals surface area contributed by atoms with Gasteiger partial charge in [-0.25, -0.2) is 0 Å². The maximum absolute atomic E-state index is 13.8. The highest BCUT2D eigenvalue weighted by atomic mass is 35.5. The summed E-state index contributed by atoms with van der Waals surface area (Å²) >= 11 is 6.83. The quantitative estimate of drug-likeness (QED) is 0.339. The predicted molar refractivity (Wildman–Crippen MR) is 134 cm³/mol. The van der Waals surface area contributed by atoms with Crippen molar-refractivity contribution < 1.29 is 39.5 Å². The molecule has 6 rings (SSSR count). The van der Waals surface area contributed by atoms with Gasteiger partial charge in [0.2, 0.25) is 5.79 Å². The number of likely N-dealkylation sites (N-methyl/N-ethyl adjacent to an activating group) is 1. The molecule has 5 atom stereocenters. The number of nitrogens with two attached hydrogens (primary N) is 1. The van der Waals surface area contributed by atoms with E-state index < -0.39 is 58.0 Å². The van der Waals surface area contributed by atoms with Crippen LogP contribution in [0.2, 0.25) is 5.02 Å². The molecule has 2 saturated heterocycles. The molecule has 1 amide bonds. The van der Waals surface area contributed by atoms with Gasteiger partial charge in [0, 0.05) is 36.1 Å². The summed E-state index contributed by atoms with van der Waals surface area (Å²) in [4.78, 5) is 29.9. The van der Waals surface area contributed by atoms with Gasteiger partial charge >= 0.3 is 0 Å². The van der Waals surface area contributed by atoms with Crippen molar-refractivity contribution in [1.82, 2.24) is 9.80 Å². The number of morpholine rings is 1. The lowest BCUT2D eigenvalue weighted by Gasteiger charge is -2.45. The summed E-state index contributed by atoms with van der Waals surface area (Å²) in [5.41, 5.74) is 4.32. The van der Waals surface area contributed by atoms with Gasteiger partial charge in [-0.1, -0.05) is 11.6 Å². The van der Waals surface area contributed by atoms with Gasteiger partial charge in [0.25, 0.3) is 5.91 Å². The number of amides is 1. The summed E-state index contributed by atoms with van der Waals surface area (Å²) in [5.74, 6) is -6.49. The number of primary amides is 1. The summed E-state index contributed by atoms with van der Waals surface area (Å²) < 4.78 is 11.1. The van der Waals surface area contributed by atoms with E-state index in [2.05, 4.69) is 4.90 Å². The van der Waals surface area contributed by atoms with Crippen molar-refractivity contribution >= 4 is 23.3 Å². The molecule has 1 aromatic rings. The predicted octanol–water partition coefficient (Wildman–Crippen LogP) is 0.764. The number of allylic oxidation sites excluding steroid dienone is 1. The molecular formula is C26H30ClN3O8. The molecule has 5 aliphatic rings. The van der Waals surface area contributed by atoms with E-state index in [1.54, 1.807) is 19.0 Å². The van der Waals surface area contributed by atoms with Crippen molar-refractivity contribution in [3.8, 4) is 5.75 Å². The van der Waals surface area contributed by atoms with Crippen LogP contribution in [-0.2, 0) is 27.2 Å². The topological polar surface area (TPSA) is 169 Å². The number of aliphatic hydroxyl groups excluding tert-OH is 2. The van der Waals surface area contributed by atoms with E-state index >= 15 is 0 Å². The lowest BCUT2D eigenvalue weighted by Crippen LogP contribution is -2.57. The molecule has 0 aromatic heterocycles. The zero-order valence-corrected chi connectivity index (χ0v) is 21.8. The van der Waals surface area contributed by atoms with Crippen molar-refractivity contribution in [2.24, 2.45) is 17.6 Å². The van der Waals surface area contributed by atoms with Crippen LogP contribution in [0, 0.1) is 11.8 Å².